The second-order valence-electron chi connectivity index (χ2n) is 5.37. The van der Waals surface area contributed by atoms with Gasteiger partial charge in [0.1, 0.15) is 17.2 Å². The van der Waals surface area contributed by atoms with Crippen LogP contribution in [0.15, 0.2) is 24.5 Å². The molecule has 1 N–H and O–H groups in total. The third-order valence-corrected chi connectivity index (χ3v) is 3.83. The molecule has 1 aliphatic heterocycles. The van der Waals surface area contributed by atoms with E-state index in [0.29, 0.717) is 11.1 Å². The Labute approximate surface area is 126 Å². The standard InChI is InChI=1S/C14H15N7O/c1-9-17-13-11(4-3-7-20(13)19-9)18-14(22)10-8-16-21-12(10)5-2-6-15-21/h2,5-6,8,11H,3-4,7H2,1H3,(H,18,22). The minimum Gasteiger partial charge on any atom is -0.342 e. The molecule has 1 aliphatic rings. The lowest BCUT2D eigenvalue weighted by Crippen LogP contribution is -2.33. The Kier molecular flexibility index (Phi) is 2.88. The smallest absolute Gasteiger partial charge is 0.255 e. The summed E-state index contributed by atoms with van der Waals surface area (Å²) in [5.41, 5.74) is 1.20. The van der Waals surface area contributed by atoms with E-state index in [1.807, 2.05) is 17.7 Å². The zero-order valence-corrected chi connectivity index (χ0v) is 12.1. The summed E-state index contributed by atoms with van der Waals surface area (Å²) in [6, 6.07) is 3.49. The van der Waals surface area contributed by atoms with Crippen LogP contribution in [0.5, 0.6) is 0 Å². The van der Waals surface area contributed by atoms with Crippen molar-refractivity contribution in [2.45, 2.75) is 32.4 Å². The van der Waals surface area contributed by atoms with Crippen molar-refractivity contribution in [3.63, 3.8) is 0 Å². The van der Waals surface area contributed by atoms with Gasteiger partial charge in [0.05, 0.1) is 17.8 Å². The van der Waals surface area contributed by atoms with Crippen molar-refractivity contribution in [3.8, 4) is 0 Å². The molecule has 22 heavy (non-hydrogen) atoms. The quantitative estimate of drug-likeness (QED) is 0.759. The molecular weight excluding hydrogens is 282 g/mol. The van der Waals surface area contributed by atoms with Gasteiger partial charge in [0, 0.05) is 12.7 Å². The van der Waals surface area contributed by atoms with Crippen LogP contribution in [0.3, 0.4) is 0 Å². The first-order valence-electron chi connectivity index (χ1n) is 7.23. The number of fused-ring (bicyclic) bond motifs is 2. The van der Waals surface area contributed by atoms with E-state index in [0.717, 1.165) is 31.0 Å². The Bertz CT molecular complexity index is 850. The molecule has 8 nitrogen and oxygen atoms in total. The predicted octanol–water partition coefficient (Wildman–Crippen LogP) is 0.894. The van der Waals surface area contributed by atoms with Gasteiger partial charge in [-0.25, -0.2) is 9.67 Å². The van der Waals surface area contributed by atoms with Crippen LogP contribution >= 0.6 is 0 Å². The molecule has 0 saturated carbocycles. The maximum atomic E-state index is 12.6. The number of nitrogens with one attached hydrogen (secondary N) is 1. The Morgan fingerprint density at radius 1 is 1.41 bits per heavy atom. The van der Waals surface area contributed by atoms with Gasteiger partial charge in [0.25, 0.3) is 5.91 Å². The Morgan fingerprint density at radius 3 is 3.23 bits per heavy atom. The van der Waals surface area contributed by atoms with Crippen LogP contribution in [0.1, 0.15) is 40.9 Å². The third-order valence-electron chi connectivity index (χ3n) is 3.83. The molecule has 0 bridgehead atoms. The number of hydrogen-bond acceptors (Lipinski definition) is 5. The van der Waals surface area contributed by atoms with Gasteiger partial charge in [0.2, 0.25) is 0 Å². The zero-order chi connectivity index (χ0) is 15.1. The number of aromatic nitrogens is 6. The summed E-state index contributed by atoms with van der Waals surface area (Å²) in [4.78, 5) is 17.0. The van der Waals surface area contributed by atoms with Crippen LogP contribution in [0.4, 0.5) is 0 Å². The molecule has 1 atom stereocenters. The molecule has 0 fully saturated rings. The first-order valence-corrected chi connectivity index (χ1v) is 7.23. The first kappa shape index (κ1) is 12.9. The Morgan fingerprint density at radius 2 is 2.32 bits per heavy atom. The number of aryl methyl sites for hydroxylation is 2. The van der Waals surface area contributed by atoms with Gasteiger partial charge in [-0.05, 0) is 31.9 Å². The van der Waals surface area contributed by atoms with Crippen molar-refractivity contribution in [1.82, 2.24) is 34.9 Å². The highest BCUT2D eigenvalue weighted by Gasteiger charge is 2.26. The highest BCUT2D eigenvalue weighted by molar-refractivity contribution is 6.00. The summed E-state index contributed by atoms with van der Waals surface area (Å²) in [6.45, 7) is 2.71. The Balaban J connectivity index is 1.63. The van der Waals surface area contributed by atoms with Gasteiger partial charge in [-0.15, -0.1) is 0 Å². The van der Waals surface area contributed by atoms with Crippen molar-refractivity contribution in [3.05, 3.63) is 41.7 Å². The van der Waals surface area contributed by atoms with Crippen LogP contribution in [0, 0.1) is 6.92 Å². The molecule has 4 rings (SSSR count). The summed E-state index contributed by atoms with van der Waals surface area (Å²) >= 11 is 0. The molecule has 4 heterocycles. The second kappa shape index (κ2) is 4.90. The van der Waals surface area contributed by atoms with E-state index in [9.17, 15) is 4.79 Å². The maximum absolute atomic E-state index is 12.6. The normalized spacial score (nSPS) is 17.4. The van der Waals surface area contributed by atoms with Crippen molar-refractivity contribution >= 4 is 11.4 Å². The molecule has 0 spiro atoms. The number of carbonyl (C=O) groups excluding carboxylic acids is 1. The van der Waals surface area contributed by atoms with Crippen LogP contribution < -0.4 is 5.32 Å². The number of rotatable bonds is 2. The molecule has 3 aromatic rings. The van der Waals surface area contributed by atoms with E-state index < -0.39 is 0 Å². The molecule has 0 aliphatic carbocycles. The summed E-state index contributed by atoms with van der Waals surface area (Å²) in [7, 11) is 0. The topological polar surface area (TPSA) is 90.0 Å². The predicted molar refractivity (Wildman–Crippen MR) is 77.2 cm³/mol. The third kappa shape index (κ3) is 2.03. The van der Waals surface area contributed by atoms with Gasteiger partial charge >= 0.3 is 0 Å². The fraction of sp³-hybridized carbons (Fsp3) is 0.357. The molecule has 1 unspecified atom stereocenters. The van der Waals surface area contributed by atoms with Gasteiger partial charge in [-0.3, -0.25) is 4.79 Å². The highest BCUT2D eigenvalue weighted by atomic mass is 16.1. The van der Waals surface area contributed by atoms with Crippen LogP contribution in [0.25, 0.3) is 5.52 Å². The average molecular weight is 297 g/mol. The maximum Gasteiger partial charge on any atom is 0.255 e. The van der Waals surface area contributed by atoms with Gasteiger partial charge in [-0.2, -0.15) is 19.9 Å². The van der Waals surface area contributed by atoms with E-state index in [1.54, 1.807) is 12.3 Å². The molecule has 8 heteroatoms. The average Bonchev–Trinajstić information content (AvgIpc) is 3.10. The largest absolute Gasteiger partial charge is 0.342 e. The fourth-order valence-electron chi connectivity index (χ4n) is 2.85. The van der Waals surface area contributed by atoms with Gasteiger partial charge in [-0.1, -0.05) is 0 Å². The van der Waals surface area contributed by atoms with Crippen molar-refractivity contribution in [2.75, 3.05) is 0 Å². The molecule has 0 radical (unpaired) electrons. The van der Waals surface area contributed by atoms with E-state index in [2.05, 4.69) is 25.6 Å². The number of carbonyl (C=O) groups is 1. The Hall–Kier alpha value is -2.77. The highest BCUT2D eigenvalue weighted by Crippen LogP contribution is 2.23. The molecule has 112 valence electrons. The summed E-state index contributed by atoms with van der Waals surface area (Å²) in [5, 5.41) is 15.6. The number of amides is 1. The lowest BCUT2D eigenvalue weighted by Gasteiger charge is -2.22. The second-order valence-corrected chi connectivity index (χ2v) is 5.37. The van der Waals surface area contributed by atoms with E-state index in [1.165, 1.54) is 10.8 Å². The van der Waals surface area contributed by atoms with Crippen molar-refractivity contribution < 1.29 is 4.79 Å². The fourth-order valence-corrected chi connectivity index (χ4v) is 2.85. The van der Waals surface area contributed by atoms with E-state index in [-0.39, 0.29) is 11.9 Å². The zero-order valence-electron chi connectivity index (χ0n) is 12.1. The van der Waals surface area contributed by atoms with E-state index in [4.69, 9.17) is 0 Å². The lowest BCUT2D eigenvalue weighted by molar-refractivity contribution is 0.0929. The van der Waals surface area contributed by atoms with Gasteiger partial charge in [0.15, 0.2) is 0 Å². The molecule has 1 amide bonds. The first-order chi connectivity index (χ1) is 10.7. The van der Waals surface area contributed by atoms with Crippen molar-refractivity contribution in [1.29, 1.82) is 0 Å². The monoisotopic (exact) mass is 297 g/mol. The van der Waals surface area contributed by atoms with Gasteiger partial charge < -0.3 is 5.32 Å². The molecule has 0 saturated heterocycles. The van der Waals surface area contributed by atoms with Crippen LogP contribution in [-0.4, -0.2) is 35.5 Å². The minimum absolute atomic E-state index is 0.117. The van der Waals surface area contributed by atoms with Crippen LogP contribution in [-0.2, 0) is 6.54 Å². The summed E-state index contributed by atoms with van der Waals surface area (Å²) in [6.07, 6.45) is 5.00. The van der Waals surface area contributed by atoms with Crippen molar-refractivity contribution in [2.24, 2.45) is 0 Å². The summed E-state index contributed by atoms with van der Waals surface area (Å²) in [5.74, 6) is 1.39. The summed E-state index contributed by atoms with van der Waals surface area (Å²) < 4.78 is 3.32. The lowest BCUT2D eigenvalue weighted by atomic mass is 10.1. The molecule has 3 aromatic heterocycles. The molecular formula is C14H15N7O. The SMILES string of the molecule is Cc1nc2n(n1)CCCC2NC(=O)c1cnn2ncccc12. The minimum atomic E-state index is -0.165. The van der Waals surface area contributed by atoms with E-state index >= 15 is 0 Å². The number of hydrogen-bond donors (Lipinski definition) is 1. The molecule has 0 aromatic carbocycles. The number of nitrogens with zero attached hydrogens (tertiary/aromatic N) is 6. The van der Waals surface area contributed by atoms with Crippen LogP contribution in [0.2, 0.25) is 0 Å².